The monoisotopic (exact) mass is 199 g/mol. The van der Waals surface area contributed by atoms with Gasteiger partial charge in [0.1, 0.15) is 11.0 Å². The van der Waals surface area contributed by atoms with Crippen LogP contribution < -0.4 is 5.73 Å². The van der Waals surface area contributed by atoms with Gasteiger partial charge in [-0.05, 0) is 25.8 Å². The van der Waals surface area contributed by atoms with Gasteiger partial charge in [0.05, 0.1) is 6.20 Å². The minimum Gasteiger partial charge on any atom is -0.330 e. The van der Waals surface area contributed by atoms with Gasteiger partial charge in [-0.3, -0.25) is 0 Å². The molecule has 72 valence electrons. The highest BCUT2D eigenvalue weighted by Crippen LogP contribution is 2.40. The largest absolute Gasteiger partial charge is 0.330 e. The Morgan fingerprint density at radius 2 is 2.38 bits per heavy atom. The molecule has 0 aliphatic heterocycles. The van der Waals surface area contributed by atoms with Crippen LogP contribution in [0.15, 0.2) is 6.20 Å². The normalized spacial score (nSPS) is 16.5. The van der Waals surface area contributed by atoms with Crippen LogP contribution in [-0.4, -0.2) is 16.1 Å². The summed E-state index contributed by atoms with van der Waals surface area (Å²) < 4.78 is 2.09. The number of halogens is 1. The summed E-state index contributed by atoms with van der Waals surface area (Å²) in [7, 11) is 0. The fraction of sp³-hybridized carbons (Fsp3) is 0.667. The van der Waals surface area contributed by atoms with Crippen molar-refractivity contribution in [1.82, 2.24) is 9.55 Å². The van der Waals surface area contributed by atoms with E-state index in [1.807, 2.05) is 0 Å². The molecule has 1 saturated carbocycles. The summed E-state index contributed by atoms with van der Waals surface area (Å²) in [6.07, 6.45) is 5.23. The van der Waals surface area contributed by atoms with Crippen molar-refractivity contribution < 1.29 is 0 Å². The molecule has 1 aliphatic carbocycles. The molecule has 0 aromatic carbocycles. The van der Waals surface area contributed by atoms with E-state index in [4.69, 9.17) is 17.3 Å². The zero-order valence-corrected chi connectivity index (χ0v) is 8.30. The van der Waals surface area contributed by atoms with Gasteiger partial charge in [0.15, 0.2) is 0 Å². The highest BCUT2D eigenvalue weighted by Gasteiger charge is 2.28. The van der Waals surface area contributed by atoms with E-state index in [9.17, 15) is 0 Å². The molecule has 0 radical (unpaired) electrons. The lowest BCUT2D eigenvalue weighted by atomic mass is 10.3. The predicted molar refractivity (Wildman–Crippen MR) is 52.9 cm³/mol. The first-order chi connectivity index (χ1) is 6.33. The first kappa shape index (κ1) is 9.03. The lowest BCUT2D eigenvalue weighted by molar-refractivity contribution is 0.619. The minimum absolute atomic E-state index is 0.658. The summed E-state index contributed by atoms with van der Waals surface area (Å²) in [5.74, 6) is 1.81. The van der Waals surface area contributed by atoms with E-state index < -0.39 is 0 Å². The summed E-state index contributed by atoms with van der Waals surface area (Å²) in [6.45, 7) is 1.61. The molecule has 2 rings (SSSR count). The van der Waals surface area contributed by atoms with Gasteiger partial charge >= 0.3 is 0 Å². The maximum atomic E-state index is 6.01. The highest BCUT2D eigenvalue weighted by molar-refractivity contribution is 6.29. The van der Waals surface area contributed by atoms with Crippen LogP contribution in [0.5, 0.6) is 0 Å². The highest BCUT2D eigenvalue weighted by atomic mass is 35.5. The molecule has 4 heteroatoms. The molecule has 0 unspecified atom stereocenters. The summed E-state index contributed by atoms with van der Waals surface area (Å²) >= 11 is 6.01. The van der Waals surface area contributed by atoms with Gasteiger partial charge in [-0.25, -0.2) is 4.98 Å². The number of nitrogens with zero attached hydrogens (tertiary/aromatic N) is 2. The van der Waals surface area contributed by atoms with Gasteiger partial charge in [-0.1, -0.05) is 11.6 Å². The Bertz CT molecular complexity index is 291. The van der Waals surface area contributed by atoms with E-state index >= 15 is 0 Å². The minimum atomic E-state index is 0.658. The molecule has 0 bridgehead atoms. The van der Waals surface area contributed by atoms with E-state index in [0.717, 1.165) is 23.9 Å². The first-order valence-corrected chi connectivity index (χ1v) is 5.11. The van der Waals surface area contributed by atoms with Crippen molar-refractivity contribution in [2.75, 3.05) is 6.54 Å². The lowest BCUT2D eigenvalue weighted by Crippen LogP contribution is -2.08. The van der Waals surface area contributed by atoms with Crippen LogP contribution in [0.25, 0.3) is 0 Å². The van der Waals surface area contributed by atoms with Gasteiger partial charge in [0, 0.05) is 12.5 Å². The average molecular weight is 200 g/mol. The van der Waals surface area contributed by atoms with Crippen molar-refractivity contribution in [3.63, 3.8) is 0 Å². The molecule has 0 amide bonds. The van der Waals surface area contributed by atoms with Crippen LogP contribution in [-0.2, 0) is 6.54 Å². The number of nitrogens with two attached hydrogens (primary N) is 1. The molecule has 1 aromatic heterocycles. The summed E-state index contributed by atoms with van der Waals surface area (Å²) in [5.41, 5.74) is 5.46. The Balaban J connectivity index is 2.14. The standard InChI is InChI=1S/C9H14ClN3/c10-8-6-12-9(7-2-3-7)13(8)5-1-4-11/h6-7H,1-5,11H2. The van der Waals surface area contributed by atoms with Gasteiger partial charge in [-0.2, -0.15) is 0 Å². The number of imidazole rings is 1. The van der Waals surface area contributed by atoms with E-state index in [1.54, 1.807) is 6.20 Å². The van der Waals surface area contributed by atoms with Gasteiger partial charge < -0.3 is 10.3 Å². The molecule has 2 N–H and O–H groups in total. The second kappa shape index (κ2) is 3.68. The van der Waals surface area contributed by atoms with Gasteiger partial charge in [0.2, 0.25) is 0 Å². The third kappa shape index (κ3) is 1.86. The van der Waals surface area contributed by atoms with Crippen LogP contribution in [0.3, 0.4) is 0 Å². The van der Waals surface area contributed by atoms with Crippen molar-refractivity contribution >= 4 is 11.6 Å². The molecule has 0 saturated heterocycles. The number of hydrogen-bond acceptors (Lipinski definition) is 2. The summed E-state index contributed by atoms with van der Waals surface area (Å²) in [6, 6.07) is 0. The quantitative estimate of drug-likeness (QED) is 0.803. The van der Waals surface area contributed by atoms with Gasteiger partial charge in [-0.15, -0.1) is 0 Å². The van der Waals surface area contributed by atoms with Crippen LogP contribution in [0, 0.1) is 0 Å². The van der Waals surface area contributed by atoms with E-state index in [0.29, 0.717) is 12.5 Å². The maximum absolute atomic E-state index is 6.01. The van der Waals surface area contributed by atoms with Gasteiger partial charge in [0.25, 0.3) is 0 Å². The third-order valence-corrected chi connectivity index (χ3v) is 2.67. The van der Waals surface area contributed by atoms with Crippen LogP contribution in [0.4, 0.5) is 0 Å². The topological polar surface area (TPSA) is 43.8 Å². The summed E-state index contributed by atoms with van der Waals surface area (Å²) in [5, 5.41) is 0.746. The first-order valence-electron chi connectivity index (χ1n) is 4.74. The third-order valence-electron chi connectivity index (χ3n) is 2.37. The molecule has 1 aromatic rings. The Morgan fingerprint density at radius 1 is 1.62 bits per heavy atom. The lowest BCUT2D eigenvalue weighted by Gasteiger charge is -2.06. The molecule has 3 nitrogen and oxygen atoms in total. The molecule has 1 heterocycles. The van der Waals surface area contributed by atoms with E-state index in [1.165, 1.54) is 12.8 Å². The molecular formula is C9H14ClN3. The zero-order chi connectivity index (χ0) is 9.26. The smallest absolute Gasteiger partial charge is 0.128 e. The zero-order valence-electron chi connectivity index (χ0n) is 7.54. The second-order valence-corrected chi connectivity index (χ2v) is 3.89. The number of aromatic nitrogens is 2. The van der Waals surface area contributed by atoms with Crippen LogP contribution in [0.2, 0.25) is 5.15 Å². The van der Waals surface area contributed by atoms with Crippen LogP contribution in [0.1, 0.15) is 31.0 Å². The fourth-order valence-electron chi connectivity index (χ4n) is 1.51. The van der Waals surface area contributed by atoms with Crippen molar-refractivity contribution in [2.45, 2.75) is 31.7 Å². The Kier molecular flexibility index (Phi) is 2.56. The Hall–Kier alpha value is -0.540. The predicted octanol–water partition coefficient (Wildman–Crippen LogP) is 1.76. The molecule has 1 aliphatic rings. The van der Waals surface area contributed by atoms with Crippen molar-refractivity contribution in [3.8, 4) is 0 Å². The molecule has 1 fully saturated rings. The summed E-state index contributed by atoms with van der Waals surface area (Å²) in [4.78, 5) is 4.32. The fourth-order valence-corrected chi connectivity index (χ4v) is 1.73. The molecule has 13 heavy (non-hydrogen) atoms. The average Bonchev–Trinajstić information content (AvgIpc) is 2.89. The number of hydrogen-bond donors (Lipinski definition) is 1. The van der Waals surface area contributed by atoms with Crippen LogP contribution >= 0.6 is 11.6 Å². The Morgan fingerprint density at radius 3 is 3.00 bits per heavy atom. The van der Waals surface area contributed by atoms with Crippen molar-refractivity contribution in [3.05, 3.63) is 17.2 Å². The second-order valence-electron chi connectivity index (χ2n) is 3.51. The SMILES string of the molecule is NCCCn1c(Cl)cnc1C1CC1. The van der Waals surface area contributed by atoms with Crippen molar-refractivity contribution in [2.24, 2.45) is 5.73 Å². The molecule has 0 spiro atoms. The molecular weight excluding hydrogens is 186 g/mol. The van der Waals surface area contributed by atoms with Crippen molar-refractivity contribution in [1.29, 1.82) is 0 Å². The van der Waals surface area contributed by atoms with E-state index in [-0.39, 0.29) is 0 Å². The molecule has 0 atom stereocenters. The van der Waals surface area contributed by atoms with E-state index in [2.05, 4.69) is 9.55 Å². The maximum Gasteiger partial charge on any atom is 0.128 e. The number of rotatable bonds is 4. The Labute approximate surface area is 82.9 Å².